The van der Waals surface area contributed by atoms with Crippen molar-refractivity contribution < 1.29 is 0 Å². The summed E-state index contributed by atoms with van der Waals surface area (Å²) in [4.78, 5) is 0. The Morgan fingerprint density at radius 2 is 2.00 bits per heavy atom. The van der Waals surface area contributed by atoms with E-state index in [9.17, 15) is 0 Å². The number of alkyl halides is 1. The normalized spacial score (nSPS) is 29.4. The summed E-state index contributed by atoms with van der Waals surface area (Å²) in [5, 5.41) is 4.46. The fraction of sp³-hybridized carbons (Fsp3) is 0.750. The highest BCUT2D eigenvalue weighted by Crippen LogP contribution is 2.47. The van der Waals surface area contributed by atoms with Crippen LogP contribution in [-0.4, -0.2) is 5.88 Å². The molecule has 18 heavy (non-hydrogen) atoms. The summed E-state index contributed by atoms with van der Waals surface area (Å²) in [6.45, 7) is 7.14. The zero-order valence-corrected chi connectivity index (χ0v) is 13.4. The molecule has 1 fully saturated rings. The molecule has 0 amide bonds. The van der Waals surface area contributed by atoms with Crippen molar-refractivity contribution in [3.05, 3.63) is 22.4 Å². The first-order chi connectivity index (χ1) is 8.45. The van der Waals surface area contributed by atoms with Crippen LogP contribution in [0.15, 0.2) is 16.8 Å². The van der Waals surface area contributed by atoms with E-state index in [0.29, 0.717) is 10.8 Å². The summed E-state index contributed by atoms with van der Waals surface area (Å²) in [5.41, 5.74) is 2.31. The van der Waals surface area contributed by atoms with Gasteiger partial charge in [-0.1, -0.05) is 20.8 Å². The summed E-state index contributed by atoms with van der Waals surface area (Å²) in [7, 11) is 0. The minimum atomic E-state index is 0.365. The Hall–Kier alpha value is -0.0100. The summed E-state index contributed by atoms with van der Waals surface area (Å²) < 4.78 is 0. The number of rotatable bonds is 3. The Morgan fingerprint density at radius 1 is 1.33 bits per heavy atom. The van der Waals surface area contributed by atoms with E-state index in [1.54, 1.807) is 11.3 Å². The van der Waals surface area contributed by atoms with E-state index < -0.39 is 0 Å². The Balaban J connectivity index is 2.00. The minimum Gasteiger partial charge on any atom is -0.152 e. The molecule has 2 rings (SSSR count). The Labute approximate surface area is 121 Å². The van der Waals surface area contributed by atoms with Crippen molar-refractivity contribution in [3.63, 3.8) is 0 Å². The van der Waals surface area contributed by atoms with Crippen molar-refractivity contribution >= 4 is 22.9 Å². The molecule has 2 heteroatoms. The first kappa shape index (κ1) is 14.4. The topological polar surface area (TPSA) is 0 Å². The second kappa shape index (κ2) is 5.54. The van der Waals surface area contributed by atoms with Gasteiger partial charge in [-0.25, -0.2) is 0 Å². The van der Waals surface area contributed by atoms with Crippen molar-refractivity contribution in [2.45, 2.75) is 52.9 Å². The fourth-order valence-electron chi connectivity index (χ4n) is 3.28. The monoisotopic (exact) mass is 284 g/mol. The quantitative estimate of drug-likeness (QED) is 0.620. The largest absolute Gasteiger partial charge is 0.152 e. The molecule has 1 heterocycles. The first-order valence-electron chi connectivity index (χ1n) is 7.02. The molecule has 1 aromatic heterocycles. The highest BCUT2D eigenvalue weighted by Gasteiger charge is 2.38. The number of halogens is 1. The lowest BCUT2D eigenvalue weighted by Crippen LogP contribution is -2.35. The third-order valence-corrected chi connectivity index (χ3v) is 6.01. The van der Waals surface area contributed by atoms with Crippen molar-refractivity contribution in [2.24, 2.45) is 16.7 Å². The third kappa shape index (κ3) is 3.30. The van der Waals surface area contributed by atoms with Crippen molar-refractivity contribution in [3.8, 4) is 0 Å². The zero-order valence-electron chi connectivity index (χ0n) is 11.8. The van der Waals surface area contributed by atoms with Crippen molar-refractivity contribution in [2.75, 3.05) is 5.88 Å². The maximum atomic E-state index is 6.32. The average molecular weight is 285 g/mol. The summed E-state index contributed by atoms with van der Waals surface area (Å²) in [5.74, 6) is 1.69. The molecule has 0 radical (unpaired) electrons. The SMILES string of the molecule is CC(C)(C)C1CCC(CCl)(Cc2ccsc2)CC1. The van der Waals surface area contributed by atoms with E-state index in [4.69, 9.17) is 11.6 Å². The molecular formula is C16H25ClS. The second-order valence-corrected chi connectivity index (χ2v) is 8.13. The predicted octanol–water partition coefficient (Wildman–Crippen LogP) is 5.75. The lowest BCUT2D eigenvalue weighted by molar-refractivity contribution is 0.102. The van der Waals surface area contributed by atoms with Gasteiger partial charge in [-0.3, -0.25) is 0 Å². The number of thiophene rings is 1. The van der Waals surface area contributed by atoms with Crippen LogP contribution in [0.3, 0.4) is 0 Å². The van der Waals surface area contributed by atoms with E-state index in [2.05, 4.69) is 37.6 Å². The maximum Gasteiger partial charge on any atom is 0.0283 e. The molecule has 0 aromatic carbocycles. The average Bonchev–Trinajstić information content (AvgIpc) is 2.81. The molecule has 1 saturated carbocycles. The van der Waals surface area contributed by atoms with Crippen molar-refractivity contribution in [1.82, 2.24) is 0 Å². The molecule has 0 aliphatic heterocycles. The van der Waals surface area contributed by atoms with Crippen LogP contribution in [0.25, 0.3) is 0 Å². The van der Waals surface area contributed by atoms with E-state index in [0.717, 1.165) is 11.8 Å². The van der Waals surface area contributed by atoms with E-state index in [1.807, 2.05) is 0 Å². The number of hydrogen-bond donors (Lipinski definition) is 0. The maximum absolute atomic E-state index is 6.32. The van der Waals surface area contributed by atoms with Crippen LogP contribution in [0.1, 0.15) is 52.0 Å². The van der Waals surface area contributed by atoms with Gasteiger partial charge >= 0.3 is 0 Å². The molecule has 0 nitrogen and oxygen atoms in total. The van der Waals surface area contributed by atoms with Gasteiger partial charge in [-0.15, -0.1) is 11.6 Å². The van der Waals surface area contributed by atoms with Crippen LogP contribution in [0.5, 0.6) is 0 Å². The van der Waals surface area contributed by atoms with Crippen LogP contribution in [-0.2, 0) is 6.42 Å². The molecule has 0 N–H and O–H groups in total. The second-order valence-electron chi connectivity index (χ2n) is 7.08. The van der Waals surface area contributed by atoms with Gasteiger partial charge in [0, 0.05) is 5.88 Å². The molecule has 0 saturated heterocycles. The molecule has 1 aliphatic rings. The Morgan fingerprint density at radius 3 is 2.44 bits per heavy atom. The van der Waals surface area contributed by atoms with Crippen LogP contribution in [0, 0.1) is 16.7 Å². The lowest BCUT2D eigenvalue weighted by Gasteiger charge is -2.43. The molecule has 0 atom stereocenters. The molecule has 102 valence electrons. The Kier molecular flexibility index (Phi) is 4.44. The van der Waals surface area contributed by atoms with Gasteiger partial charge in [-0.05, 0) is 71.2 Å². The zero-order chi connectivity index (χ0) is 13.2. The van der Waals surface area contributed by atoms with Gasteiger partial charge in [0.1, 0.15) is 0 Å². The van der Waals surface area contributed by atoms with Crippen molar-refractivity contribution in [1.29, 1.82) is 0 Å². The molecule has 1 aromatic rings. The van der Waals surface area contributed by atoms with Crippen LogP contribution >= 0.6 is 22.9 Å². The summed E-state index contributed by atoms with van der Waals surface area (Å²) >= 11 is 8.12. The predicted molar refractivity (Wildman–Crippen MR) is 82.6 cm³/mol. The van der Waals surface area contributed by atoms with E-state index >= 15 is 0 Å². The van der Waals surface area contributed by atoms with Gasteiger partial charge in [0.2, 0.25) is 0 Å². The van der Waals surface area contributed by atoms with Crippen LogP contribution in [0.2, 0.25) is 0 Å². The fourth-order valence-corrected chi connectivity index (χ4v) is 4.31. The van der Waals surface area contributed by atoms with Gasteiger partial charge in [0.25, 0.3) is 0 Å². The van der Waals surface area contributed by atoms with Crippen LogP contribution in [0.4, 0.5) is 0 Å². The molecule has 0 spiro atoms. The summed E-state index contributed by atoms with van der Waals surface area (Å²) in [6.07, 6.45) is 6.47. The standard InChI is InChI=1S/C16H25ClS/c1-15(2,3)14-4-7-16(12-17,8-5-14)10-13-6-9-18-11-13/h6,9,11,14H,4-5,7-8,10,12H2,1-3H3. The molecular weight excluding hydrogens is 260 g/mol. The van der Waals surface area contributed by atoms with Gasteiger partial charge < -0.3 is 0 Å². The third-order valence-electron chi connectivity index (χ3n) is 4.71. The van der Waals surface area contributed by atoms with E-state index in [1.165, 1.54) is 37.7 Å². The summed E-state index contributed by atoms with van der Waals surface area (Å²) in [6, 6.07) is 2.26. The highest BCUT2D eigenvalue weighted by atomic mass is 35.5. The molecule has 1 aliphatic carbocycles. The smallest absolute Gasteiger partial charge is 0.0283 e. The van der Waals surface area contributed by atoms with Gasteiger partial charge in [0.05, 0.1) is 0 Å². The van der Waals surface area contributed by atoms with E-state index in [-0.39, 0.29) is 0 Å². The van der Waals surface area contributed by atoms with Gasteiger partial charge in [-0.2, -0.15) is 11.3 Å². The van der Waals surface area contributed by atoms with Crippen LogP contribution < -0.4 is 0 Å². The number of hydrogen-bond acceptors (Lipinski definition) is 1. The van der Waals surface area contributed by atoms with Gasteiger partial charge in [0.15, 0.2) is 0 Å². The molecule has 0 unspecified atom stereocenters. The highest BCUT2D eigenvalue weighted by molar-refractivity contribution is 7.07. The Bertz CT molecular complexity index is 353. The lowest BCUT2D eigenvalue weighted by atomic mass is 9.63. The first-order valence-corrected chi connectivity index (χ1v) is 8.50. The molecule has 0 bridgehead atoms. The minimum absolute atomic E-state index is 0.365.